The summed E-state index contributed by atoms with van der Waals surface area (Å²) >= 11 is 0. The van der Waals surface area contributed by atoms with Crippen molar-refractivity contribution in [3.8, 4) is 0 Å². The Labute approximate surface area is 169 Å². The Morgan fingerprint density at radius 3 is 2.69 bits per heavy atom. The molecule has 0 atom stereocenters. The maximum Gasteiger partial charge on any atom is 0.256 e. The number of amides is 2. The van der Waals surface area contributed by atoms with Gasteiger partial charge in [0, 0.05) is 43.5 Å². The summed E-state index contributed by atoms with van der Waals surface area (Å²) in [7, 11) is 4.01. The molecule has 29 heavy (non-hydrogen) atoms. The molecule has 1 aliphatic heterocycles. The van der Waals surface area contributed by atoms with Crippen LogP contribution in [0.15, 0.2) is 54.7 Å². The number of aryl methyl sites for hydroxylation is 1. The van der Waals surface area contributed by atoms with E-state index in [1.54, 1.807) is 29.1 Å². The SMILES string of the molecule is CN(C)c1ccc(Cn2nccc2NC(=O)c2ccc3c(c2)CCC(=O)N3)cc1. The monoisotopic (exact) mass is 389 g/mol. The number of nitrogens with one attached hydrogen (secondary N) is 2. The summed E-state index contributed by atoms with van der Waals surface area (Å²) in [6, 6.07) is 15.4. The number of rotatable bonds is 5. The number of aromatic nitrogens is 2. The van der Waals surface area contributed by atoms with E-state index < -0.39 is 0 Å². The van der Waals surface area contributed by atoms with Crippen LogP contribution in [-0.4, -0.2) is 35.7 Å². The van der Waals surface area contributed by atoms with Crippen LogP contribution in [0.1, 0.15) is 27.9 Å². The summed E-state index contributed by atoms with van der Waals surface area (Å²) < 4.78 is 1.77. The highest BCUT2D eigenvalue weighted by Gasteiger charge is 2.17. The van der Waals surface area contributed by atoms with Crippen LogP contribution in [0.3, 0.4) is 0 Å². The molecule has 1 aliphatic rings. The second kappa shape index (κ2) is 7.79. The van der Waals surface area contributed by atoms with Crippen LogP contribution in [-0.2, 0) is 17.8 Å². The molecule has 2 heterocycles. The summed E-state index contributed by atoms with van der Waals surface area (Å²) in [6.07, 6.45) is 2.76. The molecule has 148 valence electrons. The first-order chi connectivity index (χ1) is 14.0. The van der Waals surface area contributed by atoms with E-state index in [4.69, 9.17) is 0 Å². The molecule has 7 nitrogen and oxygen atoms in total. The molecule has 3 aromatic rings. The zero-order valence-corrected chi connectivity index (χ0v) is 16.5. The molecule has 2 amide bonds. The lowest BCUT2D eigenvalue weighted by atomic mass is 10.00. The zero-order chi connectivity index (χ0) is 20.4. The average Bonchev–Trinajstić information content (AvgIpc) is 3.14. The Kier molecular flexibility index (Phi) is 5.03. The molecule has 0 radical (unpaired) electrons. The van der Waals surface area contributed by atoms with E-state index in [0.717, 1.165) is 22.5 Å². The van der Waals surface area contributed by atoms with Crippen LogP contribution in [0.4, 0.5) is 17.2 Å². The molecule has 2 N–H and O–H groups in total. The minimum absolute atomic E-state index is 0.0113. The number of anilines is 3. The standard InChI is InChI=1S/C22H23N5O2/c1-26(2)18-7-3-15(4-8-18)14-27-20(11-12-23-27)25-22(29)17-5-9-19-16(13-17)6-10-21(28)24-19/h3-5,7-9,11-13H,6,10,14H2,1-2H3,(H,24,28)(H,25,29). The van der Waals surface area contributed by atoms with Gasteiger partial charge in [-0.2, -0.15) is 5.10 Å². The van der Waals surface area contributed by atoms with Crippen LogP contribution >= 0.6 is 0 Å². The minimum atomic E-state index is -0.200. The van der Waals surface area contributed by atoms with Gasteiger partial charge in [0.15, 0.2) is 0 Å². The highest BCUT2D eigenvalue weighted by molar-refractivity contribution is 6.05. The third-order valence-corrected chi connectivity index (χ3v) is 5.01. The first-order valence-electron chi connectivity index (χ1n) is 9.52. The van der Waals surface area contributed by atoms with Gasteiger partial charge >= 0.3 is 0 Å². The highest BCUT2D eigenvalue weighted by Crippen LogP contribution is 2.24. The van der Waals surface area contributed by atoms with Crippen LogP contribution in [0, 0.1) is 0 Å². The van der Waals surface area contributed by atoms with Crippen molar-refractivity contribution in [1.82, 2.24) is 9.78 Å². The van der Waals surface area contributed by atoms with Gasteiger partial charge in [-0.15, -0.1) is 0 Å². The van der Waals surface area contributed by atoms with E-state index in [9.17, 15) is 9.59 Å². The third-order valence-electron chi connectivity index (χ3n) is 5.01. The molecule has 0 spiro atoms. The van der Waals surface area contributed by atoms with Crippen molar-refractivity contribution in [2.75, 3.05) is 29.6 Å². The molecular formula is C22H23N5O2. The Bertz CT molecular complexity index is 1050. The van der Waals surface area contributed by atoms with Gasteiger partial charge in [-0.1, -0.05) is 12.1 Å². The largest absolute Gasteiger partial charge is 0.378 e. The molecule has 0 saturated heterocycles. The quantitative estimate of drug-likeness (QED) is 0.703. The first kappa shape index (κ1) is 18.7. The Morgan fingerprint density at radius 2 is 1.93 bits per heavy atom. The summed E-state index contributed by atoms with van der Waals surface area (Å²) in [6.45, 7) is 0.562. The van der Waals surface area contributed by atoms with Gasteiger partial charge in [-0.25, -0.2) is 4.68 Å². The van der Waals surface area contributed by atoms with Gasteiger partial charge in [0.05, 0.1) is 12.7 Å². The lowest BCUT2D eigenvalue weighted by molar-refractivity contribution is -0.116. The van der Waals surface area contributed by atoms with E-state index in [2.05, 4.69) is 40.0 Å². The van der Waals surface area contributed by atoms with Gasteiger partial charge in [-0.3, -0.25) is 9.59 Å². The summed E-state index contributed by atoms with van der Waals surface area (Å²) in [5, 5.41) is 10.1. The van der Waals surface area contributed by atoms with Crippen molar-refractivity contribution in [3.05, 3.63) is 71.4 Å². The van der Waals surface area contributed by atoms with Crippen molar-refractivity contribution in [3.63, 3.8) is 0 Å². The van der Waals surface area contributed by atoms with Gasteiger partial charge in [0.2, 0.25) is 5.91 Å². The lowest BCUT2D eigenvalue weighted by Crippen LogP contribution is -2.20. The fraction of sp³-hybridized carbons (Fsp3) is 0.227. The highest BCUT2D eigenvalue weighted by atomic mass is 16.2. The van der Waals surface area contributed by atoms with E-state index in [1.165, 1.54) is 0 Å². The molecule has 2 aromatic carbocycles. The number of hydrogen-bond donors (Lipinski definition) is 2. The molecule has 7 heteroatoms. The second-order valence-corrected chi connectivity index (χ2v) is 7.31. The molecule has 0 unspecified atom stereocenters. The molecule has 4 rings (SSSR count). The maximum absolute atomic E-state index is 12.7. The lowest BCUT2D eigenvalue weighted by Gasteiger charge is -2.17. The van der Waals surface area contributed by atoms with E-state index in [-0.39, 0.29) is 11.8 Å². The maximum atomic E-state index is 12.7. The summed E-state index contributed by atoms with van der Waals surface area (Å²) in [4.78, 5) is 26.3. The van der Waals surface area contributed by atoms with Crippen molar-refractivity contribution in [1.29, 1.82) is 0 Å². The van der Waals surface area contributed by atoms with Crippen molar-refractivity contribution >= 4 is 29.0 Å². The number of nitrogens with zero attached hydrogens (tertiary/aromatic N) is 3. The molecule has 0 saturated carbocycles. The molecule has 1 aromatic heterocycles. The average molecular weight is 389 g/mol. The molecule has 0 aliphatic carbocycles. The first-order valence-corrected chi connectivity index (χ1v) is 9.52. The van der Waals surface area contributed by atoms with Crippen molar-refractivity contribution in [2.45, 2.75) is 19.4 Å². The van der Waals surface area contributed by atoms with Gasteiger partial charge < -0.3 is 15.5 Å². The number of fused-ring (bicyclic) bond motifs is 1. The predicted octanol–water partition coefficient (Wildman–Crippen LogP) is 3.13. The van der Waals surface area contributed by atoms with Gasteiger partial charge in [-0.05, 0) is 47.9 Å². The smallest absolute Gasteiger partial charge is 0.256 e. The fourth-order valence-corrected chi connectivity index (χ4v) is 3.35. The van der Waals surface area contributed by atoms with Crippen LogP contribution in [0.25, 0.3) is 0 Å². The Balaban J connectivity index is 1.47. The topological polar surface area (TPSA) is 79.3 Å². The third kappa shape index (κ3) is 4.13. The van der Waals surface area contributed by atoms with E-state index in [1.807, 2.05) is 25.1 Å². The number of carbonyl (C=O) groups is 2. The fourth-order valence-electron chi connectivity index (χ4n) is 3.35. The van der Waals surface area contributed by atoms with Crippen LogP contribution in [0.5, 0.6) is 0 Å². The zero-order valence-electron chi connectivity index (χ0n) is 16.5. The van der Waals surface area contributed by atoms with Crippen molar-refractivity contribution < 1.29 is 9.59 Å². The Morgan fingerprint density at radius 1 is 1.14 bits per heavy atom. The van der Waals surface area contributed by atoms with E-state index in [0.29, 0.717) is 30.8 Å². The molecule has 0 fully saturated rings. The second-order valence-electron chi connectivity index (χ2n) is 7.31. The number of benzene rings is 2. The Hall–Kier alpha value is -3.61. The number of hydrogen-bond acceptors (Lipinski definition) is 4. The van der Waals surface area contributed by atoms with E-state index >= 15 is 0 Å². The summed E-state index contributed by atoms with van der Waals surface area (Å²) in [5.74, 6) is 0.448. The minimum Gasteiger partial charge on any atom is -0.378 e. The molecular weight excluding hydrogens is 366 g/mol. The van der Waals surface area contributed by atoms with Crippen molar-refractivity contribution in [2.24, 2.45) is 0 Å². The summed E-state index contributed by atoms with van der Waals surface area (Å²) in [5.41, 5.74) is 4.55. The normalized spacial score (nSPS) is 12.8. The van der Waals surface area contributed by atoms with Gasteiger partial charge in [0.1, 0.15) is 5.82 Å². The number of carbonyl (C=O) groups excluding carboxylic acids is 2. The van der Waals surface area contributed by atoms with Gasteiger partial charge in [0.25, 0.3) is 5.91 Å². The predicted molar refractivity (Wildman–Crippen MR) is 113 cm³/mol. The van der Waals surface area contributed by atoms with Crippen LogP contribution < -0.4 is 15.5 Å². The van der Waals surface area contributed by atoms with Crippen LogP contribution in [0.2, 0.25) is 0 Å². The molecule has 0 bridgehead atoms.